The highest BCUT2D eigenvalue weighted by molar-refractivity contribution is 5.62. The first kappa shape index (κ1) is 12.3. The van der Waals surface area contributed by atoms with Gasteiger partial charge in [0, 0.05) is 25.0 Å². The fourth-order valence-corrected chi connectivity index (χ4v) is 2.79. The van der Waals surface area contributed by atoms with E-state index in [9.17, 15) is 0 Å². The van der Waals surface area contributed by atoms with Crippen LogP contribution in [0.4, 0.5) is 5.82 Å². The molecule has 2 atom stereocenters. The SMILES string of the molecule is Cc1nnc2c(NC3CCN(C)CC3C)nccn12. The first-order valence-corrected chi connectivity index (χ1v) is 6.76. The van der Waals surface area contributed by atoms with E-state index in [1.54, 1.807) is 6.20 Å². The van der Waals surface area contributed by atoms with E-state index < -0.39 is 0 Å². The molecule has 6 heteroatoms. The van der Waals surface area contributed by atoms with Crippen molar-refractivity contribution in [1.29, 1.82) is 0 Å². The van der Waals surface area contributed by atoms with Crippen molar-refractivity contribution < 1.29 is 0 Å². The van der Waals surface area contributed by atoms with Crippen LogP contribution in [0.2, 0.25) is 0 Å². The third-order valence-electron chi connectivity index (χ3n) is 3.93. The highest BCUT2D eigenvalue weighted by Gasteiger charge is 2.25. The maximum atomic E-state index is 4.42. The van der Waals surface area contributed by atoms with Gasteiger partial charge in [-0.2, -0.15) is 0 Å². The van der Waals surface area contributed by atoms with Crippen molar-refractivity contribution in [2.24, 2.45) is 5.92 Å². The summed E-state index contributed by atoms with van der Waals surface area (Å²) in [6.07, 6.45) is 4.83. The van der Waals surface area contributed by atoms with Crippen LogP contribution >= 0.6 is 0 Å². The molecule has 1 fully saturated rings. The van der Waals surface area contributed by atoms with Crippen LogP contribution in [0.1, 0.15) is 19.2 Å². The molecule has 102 valence electrons. The number of rotatable bonds is 2. The van der Waals surface area contributed by atoms with Crippen LogP contribution in [-0.2, 0) is 0 Å². The smallest absolute Gasteiger partial charge is 0.203 e. The van der Waals surface area contributed by atoms with Crippen LogP contribution in [-0.4, -0.2) is 50.7 Å². The quantitative estimate of drug-likeness (QED) is 0.879. The lowest BCUT2D eigenvalue weighted by atomic mass is 9.94. The van der Waals surface area contributed by atoms with Crippen molar-refractivity contribution in [3.63, 3.8) is 0 Å². The Morgan fingerprint density at radius 3 is 3.00 bits per heavy atom. The Kier molecular flexibility index (Phi) is 3.10. The summed E-state index contributed by atoms with van der Waals surface area (Å²) in [4.78, 5) is 6.79. The van der Waals surface area contributed by atoms with Crippen molar-refractivity contribution in [3.8, 4) is 0 Å². The first-order chi connectivity index (χ1) is 9.15. The monoisotopic (exact) mass is 260 g/mol. The number of hydrogen-bond acceptors (Lipinski definition) is 5. The standard InChI is InChI=1S/C13H20N6/c1-9-8-18(3)6-4-11(9)15-12-13-17-16-10(2)19(13)7-5-14-12/h5,7,9,11H,4,6,8H2,1-3H3,(H,14,15). The molecule has 0 spiro atoms. The molecule has 0 radical (unpaired) electrons. The molecule has 1 N–H and O–H groups in total. The fourth-order valence-electron chi connectivity index (χ4n) is 2.79. The van der Waals surface area contributed by atoms with Gasteiger partial charge in [0.15, 0.2) is 5.82 Å². The normalized spacial score (nSPS) is 24.8. The van der Waals surface area contributed by atoms with E-state index in [2.05, 4.69) is 39.4 Å². The van der Waals surface area contributed by atoms with E-state index >= 15 is 0 Å². The number of nitrogens with one attached hydrogen (secondary N) is 1. The van der Waals surface area contributed by atoms with Crippen LogP contribution in [0.15, 0.2) is 12.4 Å². The molecule has 3 heterocycles. The van der Waals surface area contributed by atoms with Gasteiger partial charge in [-0.15, -0.1) is 10.2 Å². The third-order valence-corrected chi connectivity index (χ3v) is 3.93. The average Bonchev–Trinajstić information content (AvgIpc) is 2.76. The molecule has 1 saturated heterocycles. The van der Waals surface area contributed by atoms with Gasteiger partial charge in [-0.3, -0.25) is 4.40 Å². The zero-order chi connectivity index (χ0) is 13.4. The number of anilines is 1. The number of aromatic nitrogens is 4. The first-order valence-electron chi connectivity index (χ1n) is 6.76. The summed E-state index contributed by atoms with van der Waals surface area (Å²) in [7, 11) is 2.17. The molecule has 2 aromatic rings. The molecule has 0 saturated carbocycles. The van der Waals surface area contributed by atoms with Gasteiger partial charge < -0.3 is 10.2 Å². The minimum atomic E-state index is 0.451. The van der Waals surface area contributed by atoms with Gasteiger partial charge in [0.25, 0.3) is 0 Å². The predicted octanol–water partition coefficient (Wildman–Crippen LogP) is 1.18. The summed E-state index contributed by atoms with van der Waals surface area (Å²) in [5.41, 5.74) is 0.811. The topological polar surface area (TPSA) is 58.4 Å². The molecule has 2 aromatic heterocycles. The summed E-state index contributed by atoms with van der Waals surface area (Å²) >= 11 is 0. The maximum Gasteiger partial charge on any atom is 0.203 e. The number of aryl methyl sites for hydroxylation is 1. The van der Waals surface area contributed by atoms with E-state index in [-0.39, 0.29) is 0 Å². The van der Waals surface area contributed by atoms with Crippen molar-refractivity contribution >= 4 is 11.5 Å². The maximum absolute atomic E-state index is 4.42. The number of piperidine rings is 1. The fraction of sp³-hybridized carbons (Fsp3) is 0.615. The zero-order valence-corrected chi connectivity index (χ0v) is 11.7. The second-order valence-corrected chi connectivity index (χ2v) is 5.50. The third kappa shape index (κ3) is 2.28. The number of likely N-dealkylation sites (tertiary alicyclic amines) is 1. The van der Waals surface area contributed by atoms with Gasteiger partial charge in [0.1, 0.15) is 5.82 Å². The predicted molar refractivity (Wildman–Crippen MR) is 74.2 cm³/mol. The summed E-state index contributed by atoms with van der Waals surface area (Å²) in [6, 6.07) is 0.451. The highest BCUT2D eigenvalue weighted by Crippen LogP contribution is 2.21. The van der Waals surface area contributed by atoms with Crippen LogP contribution < -0.4 is 5.32 Å². The van der Waals surface area contributed by atoms with Crippen LogP contribution in [0.5, 0.6) is 0 Å². The second-order valence-electron chi connectivity index (χ2n) is 5.50. The van der Waals surface area contributed by atoms with E-state index in [1.165, 1.54) is 0 Å². The van der Waals surface area contributed by atoms with Gasteiger partial charge in [0.05, 0.1) is 0 Å². The lowest BCUT2D eigenvalue weighted by molar-refractivity contribution is 0.206. The molecule has 0 bridgehead atoms. The Bertz CT molecular complexity index is 578. The molecule has 1 aliphatic rings. The van der Waals surface area contributed by atoms with Crippen LogP contribution in [0.25, 0.3) is 5.65 Å². The average molecular weight is 260 g/mol. The largest absolute Gasteiger partial charge is 0.364 e. The highest BCUT2D eigenvalue weighted by atomic mass is 15.3. The summed E-state index contributed by atoms with van der Waals surface area (Å²) in [5, 5.41) is 11.9. The Hall–Kier alpha value is -1.69. The van der Waals surface area contributed by atoms with Gasteiger partial charge >= 0.3 is 0 Å². The van der Waals surface area contributed by atoms with E-state index in [0.717, 1.165) is 36.8 Å². The lowest BCUT2D eigenvalue weighted by Gasteiger charge is -2.35. The van der Waals surface area contributed by atoms with Crippen LogP contribution in [0, 0.1) is 12.8 Å². The van der Waals surface area contributed by atoms with E-state index in [0.29, 0.717) is 12.0 Å². The Labute approximate surface area is 112 Å². The minimum absolute atomic E-state index is 0.451. The number of hydrogen-bond donors (Lipinski definition) is 1. The summed E-state index contributed by atoms with van der Waals surface area (Å²) < 4.78 is 1.97. The van der Waals surface area contributed by atoms with Crippen molar-refractivity contribution in [3.05, 3.63) is 18.2 Å². The molecule has 6 nitrogen and oxygen atoms in total. The van der Waals surface area contributed by atoms with Gasteiger partial charge in [-0.1, -0.05) is 6.92 Å². The van der Waals surface area contributed by atoms with Crippen LogP contribution in [0.3, 0.4) is 0 Å². The molecule has 0 aromatic carbocycles. The summed E-state index contributed by atoms with van der Waals surface area (Å²) in [5.74, 6) is 2.33. The Balaban J connectivity index is 1.85. The Morgan fingerprint density at radius 1 is 1.37 bits per heavy atom. The Morgan fingerprint density at radius 2 is 2.21 bits per heavy atom. The summed E-state index contributed by atoms with van der Waals surface area (Å²) in [6.45, 7) is 6.47. The molecule has 19 heavy (non-hydrogen) atoms. The van der Waals surface area contributed by atoms with E-state index in [4.69, 9.17) is 0 Å². The van der Waals surface area contributed by atoms with Gasteiger partial charge in [-0.05, 0) is 32.9 Å². The molecular formula is C13H20N6. The number of fused-ring (bicyclic) bond motifs is 1. The van der Waals surface area contributed by atoms with Gasteiger partial charge in [0.2, 0.25) is 5.65 Å². The van der Waals surface area contributed by atoms with Crippen molar-refractivity contribution in [1.82, 2.24) is 24.5 Å². The lowest BCUT2D eigenvalue weighted by Crippen LogP contribution is -2.43. The molecule has 1 aliphatic heterocycles. The van der Waals surface area contributed by atoms with Gasteiger partial charge in [-0.25, -0.2) is 4.98 Å². The molecule has 3 rings (SSSR count). The number of nitrogens with zero attached hydrogens (tertiary/aromatic N) is 5. The molecule has 2 unspecified atom stereocenters. The van der Waals surface area contributed by atoms with E-state index in [1.807, 2.05) is 17.5 Å². The molecular weight excluding hydrogens is 240 g/mol. The second kappa shape index (κ2) is 4.77. The van der Waals surface area contributed by atoms with Crippen molar-refractivity contribution in [2.75, 3.05) is 25.5 Å². The molecule has 0 aliphatic carbocycles. The van der Waals surface area contributed by atoms with Crippen molar-refractivity contribution in [2.45, 2.75) is 26.3 Å². The zero-order valence-electron chi connectivity index (χ0n) is 11.7. The minimum Gasteiger partial charge on any atom is -0.364 e. The molecule has 0 amide bonds.